The Morgan fingerprint density at radius 3 is 2.29 bits per heavy atom. The van der Waals surface area contributed by atoms with Gasteiger partial charge in [-0.05, 0) is 32.0 Å². The van der Waals surface area contributed by atoms with E-state index in [-0.39, 0.29) is 0 Å². The average molecular weight is 328 g/mol. The molecule has 1 fully saturated rings. The first-order chi connectivity index (χ1) is 11.6. The van der Waals surface area contributed by atoms with E-state index in [0.29, 0.717) is 5.92 Å². The minimum absolute atomic E-state index is 0.316. The third-order valence-electron chi connectivity index (χ3n) is 4.57. The predicted octanol–water partition coefficient (Wildman–Crippen LogP) is 3.21. The molecule has 3 rings (SSSR count). The molecular formula is C19H28N4O. The third kappa shape index (κ3) is 4.65. The number of aromatic nitrogens is 2. The molecule has 2 aromatic rings. The summed E-state index contributed by atoms with van der Waals surface area (Å²) in [4.78, 5) is 9.46. The van der Waals surface area contributed by atoms with Crippen molar-refractivity contribution in [3.8, 4) is 0 Å². The minimum Gasteiger partial charge on any atom is -0.338 e. The fourth-order valence-corrected chi connectivity index (χ4v) is 3.05. The molecule has 0 radical (unpaired) electrons. The van der Waals surface area contributed by atoms with Gasteiger partial charge in [-0.15, -0.1) is 0 Å². The van der Waals surface area contributed by atoms with Gasteiger partial charge in [0, 0.05) is 25.6 Å². The quantitative estimate of drug-likeness (QED) is 0.843. The van der Waals surface area contributed by atoms with E-state index in [0.717, 1.165) is 51.0 Å². The van der Waals surface area contributed by atoms with Crippen LogP contribution in [-0.4, -0.2) is 46.1 Å². The number of hydrogen-bond acceptors (Lipinski definition) is 5. The topological polar surface area (TPSA) is 45.4 Å². The fraction of sp³-hybridized carbons (Fsp3) is 0.579. The lowest BCUT2D eigenvalue weighted by atomic mass is 10.1. The molecule has 1 aromatic heterocycles. The molecule has 24 heavy (non-hydrogen) atoms. The highest BCUT2D eigenvalue weighted by Crippen LogP contribution is 2.14. The van der Waals surface area contributed by atoms with Crippen LogP contribution >= 0.6 is 0 Å². The van der Waals surface area contributed by atoms with Crippen LogP contribution in [0.5, 0.6) is 0 Å². The highest BCUT2D eigenvalue weighted by Gasteiger charge is 2.18. The summed E-state index contributed by atoms with van der Waals surface area (Å²) in [5.41, 5.74) is 2.72. The minimum atomic E-state index is 0.316. The zero-order valence-corrected chi connectivity index (χ0v) is 15.0. The molecule has 130 valence electrons. The van der Waals surface area contributed by atoms with Crippen LogP contribution in [0.4, 0.5) is 0 Å². The molecule has 5 nitrogen and oxygen atoms in total. The van der Waals surface area contributed by atoms with Gasteiger partial charge in [0.2, 0.25) is 5.89 Å². The number of rotatable bonds is 5. The maximum atomic E-state index is 5.39. The Hall–Kier alpha value is -1.72. The van der Waals surface area contributed by atoms with Gasteiger partial charge in [0.15, 0.2) is 5.82 Å². The van der Waals surface area contributed by atoms with Gasteiger partial charge in [-0.2, -0.15) is 4.98 Å². The summed E-state index contributed by atoms with van der Waals surface area (Å²) in [6.45, 7) is 12.5. The van der Waals surface area contributed by atoms with Gasteiger partial charge in [-0.3, -0.25) is 9.80 Å². The summed E-state index contributed by atoms with van der Waals surface area (Å²) in [6.07, 6.45) is 1.18. The Bertz CT molecular complexity index is 635. The Morgan fingerprint density at radius 2 is 1.67 bits per heavy atom. The molecular weight excluding hydrogens is 300 g/mol. The van der Waals surface area contributed by atoms with Crippen molar-refractivity contribution >= 4 is 0 Å². The van der Waals surface area contributed by atoms with Crippen LogP contribution in [0.25, 0.3) is 0 Å². The van der Waals surface area contributed by atoms with Gasteiger partial charge in [-0.25, -0.2) is 0 Å². The summed E-state index contributed by atoms with van der Waals surface area (Å²) in [5, 5.41) is 4.06. The van der Waals surface area contributed by atoms with Crippen molar-refractivity contribution in [3.05, 3.63) is 47.1 Å². The molecule has 1 aliphatic heterocycles. The first kappa shape index (κ1) is 17.1. The van der Waals surface area contributed by atoms with E-state index in [1.165, 1.54) is 17.5 Å². The highest BCUT2D eigenvalue weighted by molar-refractivity contribution is 5.21. The number of benzene rings is 1. The normalized spacial score (nSPS) is 17.3. The van der Waals surface area contributed by atoms with Crippen molar-refractivity contribution < 1.29 is 4.52 Å². The van der Waals surface area contributed by atoms with Crippen LogP contribution in [0.1, 0.15) is 49.0 Å². The largest absolute Gasteiger partial charge is 0.338 e. The summed E-state index contributed by atoms with van der Waals surface area (Å²) >= 11 is 0. The van der Waals surface area contributed by atoms with Crippen LogP contribution in [0.3, 0.4) is 0 Å². The van der Waals surface area contributed by atoms with E-state index in [1.807, 2.05) is 0 Å². The fourth-order valence-electron chi connectivity index (χ4n) is 3.05. The first-order valence-corrected chi connectivity index (χ1v) is 8.93. The second-order valence-corrected chi connectivity index (χ2v) is 7.09. The van der Waals surface area contributed by atoms with Crippen LogP contribution in [-0.2, 0) is 13.1 Å². The Kier molecular flexibility index (Phi) is 5.63. The monoisotopic (exact) mass is 328 g/mol. The van der Waals surface area contributed by atoms with Crippen LogP contribution in [0.2, 0.25) is 0 Å². The van der Waals surface area contributed by atoms with Gasteiger partial charge in [-0.1, -0.05) is 48.8 Å². The van der Waals surface area contributed by atoms with E-state index < -0.39 is 0 Å². The molecule has 1 aliphatic rings. The molecule has 1 aromatic carbocycles. The average Bonchev–Trinajstić information content (AvgIpc) is 2.92. The molecule has 0 atom stereocenters. The Morgan fingerprint density at radius 1 is 1.00 bits per heavy atom. The number of hydrogen-bond donors (Lipinski definition) is 0. The lowest BCUT2D eigenvalue weighted by molar-refractivity contribution is 0.222. The molecule has 1 saturated heterocycles. The summed E-state index contributed by atoms with van der Waals surface area (Å²) < 4.78 is 5.39. The SMILES string of the molecule is Cc1ccc(CN2CCCN(Cc3nc(C(C)C)no3)CC2)cc1. The van der Waals surface area contributed by atoms with Crippen molar-refractivity contribution in [3.63, 3.8) is 0 Å². The van der Waals surface area contributed by atoms with Crippen molar-refractivity contribution in [1.29, 1.82) is 0 Å². The zero-order chi connectivity index (χ0) is 16.9. The lowest BCUT2D eigenvalue weighted by Gasteiger charge is -2.21. The molecule has 0 amide bonds. The second-order valence-electron chi connectivity index (χ2n) is 7.09. The molecule has 0 bridgehead atoms. The van der Waals surface area contributed by atoms with Crippen molar-refractivity contribution in [1.82, 2.24) is 19.9 Å². The Labute approximate surface area is 144 Å². The second kappa shape index (κ2) is 7.90. The smallest absolute Gasteiger partial charge is 0.240 e. The van der Waals surface area contributed by atoms with Gasteiger partial charge < -0.3 is 4.52 Å². The van der Waals surface area contributed by atoms with Gasteiger partial charge >= 0.3 is 0 Å². The van der Waals surface area contributed by atoms with Crippen molar-refractivity contribution in [2.75, 3.05) is 26.2 Å². The maximum absolute atomic E-state index is 5.39. The number of nitrogens with zero attached hydrogens (tertiary/aromatic N) is 4. The van der Waals surface area contributed by atoms with Gasteiger partial charge in [0.25, 0.3) is 0 Å². The molecule has 0 spiro atoms. The standard InChI is InChI=1S/C19H28N4O/c1-15(2)19-20-18(24-21-19)14-23-10-4-9-22(11-12-23)13-17-7-5-16(3)6-8-17/h5-8,15H,4,9-14H2,1-3H3. The van der Waals surface area contributed by atoms with E-state index in [1.54, 1.807) is 0 Å². The predicted molar refractivity (Wildman–Crippen MR) is 94.7 cm³/mol. The molecule has 0 saturated carbocycles. The molecule has 0 unspecified atom stereocenters. The highest BCUT2D eigenvalue weighted by atomic mass is 16.5. The van der Waals surface area contributed by atoms with E-state index >= 15 is 0 Å². The Balaban J connectivity index is 1.51. The van der Waals surface area contributed by atoms with E-state index in [9.17, 15) is 0 Å². The number of aryl methyl sites for hydroxylation is 1. The summed E-state index contributed by atoms with van der Waals surface area (Å²) in [5.74, 6) is 1.86. The van der Waals surface area contributed by atoms with Gasteiger partial charge in [0.05, 0.1) is 6.54 Å². The van der Waals surface area contributed by atoms with Crippen LogP contribution < -0.4 is 0 Å². The summed E-state index contributed by atoms with van der Waals surface area (Å²) in [6, 6.07) is 8.87. The van der Waals surface area contributed by atoms with E-state index in [2.05, 4.69) is 65.0 Å². The first-order valence-electron chi connectivity index (χ1n) is 8.93. The third-order valence-corrected chi connectivity index (χ3v) is 4.57. The van der Waals surface area contributed by atoms with Crippen molar-refractivity contribution in [2.24, 2.45) is 0 Å². The lowest BCUT2D eigenvalue weighted by Crippen LogP contribution is -2.30. The van der Waals surface area contributed by atoms with Crippen molar-refractivity contribution in [2.45, 2.75) is 46.2 Å². The molecule has 0 N–H and O–H groups in total. The molecule has 0 aliphatic carbocycles. The maximum Gasteiger partial charge on any atom is 0.240 e. The molecule has 5 heteroatoms. The van der Waals surface area contributed by atoms with E-state index in [4.69, 9.17) is 4.52 Å². The summed E-state index contributed by atoms with van der Waals surface area (Å²) in [7, 11) is 0. The van der Waals surface area contributed by atoms with Gasteiger partial charge in [0.1, 0.15) is 0 Å². The van der Waals surface area contributed by atoms with Crippen LogP contribution in [0.15, 0.2) is 28.8 Å². The zero-order valence-electron chi connectivity index (χ0n) is 15.0. The van der Waals surface area contributed by atoms with Crippen LogP contribution in [0, 0.1) is 6.92 Å². The molecule has 2 heterocycles.